The largest absolute Gasteiger partial charge is 0.465 e. The van der Waals surface area contributed by atoms with Crippen molar-refractivity contribution in [1.82, 2.24) is 0 Å². The minimum Gasteiger partial charge on any atom is -0.465 e. The summed E-state index contributed by atoms with van der Waals surface area (Å²) in [5.41, 5.74) is 0.204. The van der Waals surface area contributed by atoms with Crippen molar-refractivity contribution in [3.8, 4) is 11.8 Å². The van der Waals surface area contributed by atoms with Gasteiger partial charge in [-0.15, -0.1) is 11.3 Å². The lowest BCUT2D eigenvalue weighted by Crippen LogP contribution is -2.04. The van der Waals surface area contributed by atoms with Crippen LogP contribution < -0.4 is 0 Å². The van der Waals surface area contributed by atoms with E-state index in [-0.39, 0.29) is 0 Å². The van der Waals surface area contributed by atoms with Crippen LogP contribution in [0.4, 0.5) is 13.2 Å². The fraction of sp³-hybridized carbons (Fsp3) is 0.133. The maximum absolute atomic E-state index is 12.4. The molecule has 0 saturated heterocycles. The summed E-state index contributed by atoms with van der Waals surface area (Å²) in [5.74, 6) is 5.00. The molecule has 2 aromatic rings. The third-order valence-corrected chi connectivity index (χ3v) is 3.48. The summed E-state index contributed by atoms with van der Waals surface area (Å²) < 4.78 is 41.9. The Hall–Kier alpha value is -2.26. The van der Waals surface area contributed by atoms with Gasteiger partial charge in [0.25, 0.3) is 0 Å². The van der Waals surface area contributed by atoms with Crippen LogP contribution in [0.25, 0.3) is 0 Å². The second-order valence-electron chi connectivity index (χ2n) is 3.98. The van der Waals surface area contributed by atoms with E-state index < -0.39 is 17.7 Å². The minimum atomic E-state index is -4.36. The fourth-order valence-electron chi connectivity index (χ4n) is 1.54. The Balaban J connectivity index is 2.24. The van der Waals surface area contributed by atoms with Gasteiger partial charge in [0.05, 0.1) is 18.2 Å². The number of ether oxygens (including phenoxy) is 1. The second kappa shape index (κ2) is 6.02. The van der Waals surface area contributed by atoms with E-state index in [1.165, 1.54) is 30.6 Å². The molecule has 2 rings (SSSR count). The molecule has 0 N–H and O–H groups in total. The van der Waals surface area contributed by atoms with Crippen molar-refractivity contribution in [2.24, 2.45) is 0 Å². The molecule has 6 heteroatoms. The van der Waals surface area contributed by atoms with Crippen molar-refractivity contribution in [3.05, 3.63) is 57.3 Å². The van der Waals surface area contributed by atoms with Gasteiger partial charge in [0.15, 0.2) is 0 Å². The highest BCUT2D eigenvalue weighted by Crippen LogP contribution is 2.29. The molecule has 21 heavy (non-hydrogen) atoms. The fourth-order valence-corrected chi connectivity index (χ4v) is 2.31. The highest BCUT2D eigenvalue weighted by Gasteiger charge is 2.29. The van der Waals surface area contributed by atoms with Gasteiger partial charge in [-0.25, -0.2) is 4.79 Å². The van der Waals surface area contributed by atoms with Crippen molar-refractivity contribution >= 4 is 17.3 Å². The van der Waals surface area contributed by atoms with E-state index in [2.05, 4.69) is 16.6 Å². The van der Waals surface area contributed by atoms with Crippen LogP contribution in [0.1, 0.15) is 26.4 Å². The normalized spacial score (nSPS) is 10.7. The van der Waals surface area contributed by atoms with Crippen LogP contribution in [0.2, 0.25) is 0 Å². The lowest BCUT2D eigenvalue weighted by atomic mass is 10.1. The van der Waals surface area contributed by atoms with Crippen molar-refractivity contribution < 1.29 is 22.7 Å². The molecule has 0 spiro atoms. The zero-order chi connectivity index (χ0) is 15.5. The van der Waals surface area contributed by atoms with Gasteiger partial charge in [-0.05, 0) is 35.7 Å². The molecule has 0 unspecified atom stereocenters. The van der Waals surface area contributed by atoms with E-state index in [9.17, 15) is 18.0 Å². The molecule has 0 radical (unpaired) electrons. The summed E-state index contributed by atoms with van der Waals surface area (Å²) in [7, 11) is 1.27. The van der Waals surface area contributed by atoms with Gasteiger partial charge >= 0.3 is 12.1 Å². The Kier molecular flexibility index (Phi) is 4.34. The first-order chi connectivity index (χ1) is 9.91. The number of methoxy groups -OCH3 is 1. The summed E-state index contributed by atoms with van der Waals surface area (Å²) in [6.07, 6.45) is -4.36. The number of carbonyl (C=O) groups is 1. The molecule has 108 valence electrons. The van der Waals surface area contributed by atoms with Crippen LogP contribution in [-0.2, 0) is 10.9 Å². The molecule has 0 amide bonds. The number of hydrogen-bond acceptors (Lipinski definition) is 3. The van der Waals surface area contributed by atoms with Gasteiger partial charge in [-0.1, -0.05) is 11.8 Å². The molecule has 0 aliphatic carbocycles. The van der Waals surface area contributed by atoms with Crippen LogP contribution in [0.5, 0.6) is 0 Å². The molecule has 0 fully saturated rings. The van der Waals surface area contributed by atoms with E-state index in [0.29, 0.717) is 16.0 Å². The van der Waals surface area contributed by atoms with Crippen molar-refractivity contribution in [2.45, 2.75) is 6.18 Å². The van der Waals surface area contributed by atoms with E-state index in [1.807, 2.05) is 0 Å². The summed E-state index contributed by atoms with van der Waals surface area (Å²) in [5, 5.41) is 1.70. The number of carbonyl (C=O) groups excluding carboxylic acids is 1. The first-order valence-electron chi connectivity index (χ1n) is 5.77. The Bertz CT molecular complexity index is 703. The van der Waals surface area contributed by atoms with Gasteiger partial charge in [0, 0.05) is 5.56 Å². The number of hydrogen-bond donors (Lipinski definition) is 0. The van der Waals surface area contributed by atoms with E-state index in [4.69, 9.17) is 0 Å². The van der Waals surface area contributed by atoms with Crippen molar-refractivity contribution in [1.29, 1.82) is 0 Å². The highest BCUT2D eigenvalue weighted by molar-refractivity contribution is 7.12. The van der Waals surface area contributed by atoms with Crippen LogP contribution in [0.3, 0.4) is 0 Å². The molecule has 0 aliphatic rings. The Morgan fingerprint density at radius 2 is 1.81 bits per heavy atom. The summed E-state index contributed by atoms with van der Waals surface area (Å²) in [6.45, 7) is 0. The number of esters is 1. The number of halogens is 3. The first-order valence-corrected chi connectivity index (χ1v) is 6.65. The molecule has 1 aromatic carbocycles. The smallest absolute Gasteiger partial charge is 0.416 e. The minimum absolute atomic E-state index is 0.372. The average Bonchev–Trinajstić information content (AvgIpc) is 2.92. The maximum Gasteiger partial charge on any atom is 0.416 e. The number of alkyl halides is 3. The van der Waals surface area contributed by atoms with Gasteiger partial charge in [0.1, 0.15) is 4.88 Å². The standard InChI is InChI=1S/C15H9F3O2S/c1-20-14(19)13-11(8-9-21-13)5-2-10-3-6-12(7-4-10)15(16,17)18/h3-4,6-9H,1H3. The third kappa shape index (κ3) is 3.64. The van der Waals surface area contributed by atoms with Crippen LogP contribution in [0.15, 0.2) is 35.7 Å². The van der Waals surface area contributed by atoms with Gasteiger partial charge in [-0.3, -0.25) is 0 Å². The average molecular weight is 310 g/mol. The zero-order valence-electron chi connectivity index (χ0n) is 10.8. The van der Waals surface area contributed by atoms with Crippen LogP contribution >= 0.6 is 11.3 Å². The van der Waals surface area contributed by atoms with Gasteiger partial charge < -0.3 is 4.74 Å². The molecular formula is C15H9F3O2S. The molecule has 0 saturated carbocycles. The Labute approximate surface area is 123 Å². The van der Waals surface area contributed by atoms with Gasteiger partial charge in [0.2, 0.25) is 0 Å². The number of rotatable bonds is 1. The van der Waals surface area contributed by atoms with Crippen molar-refractivity contribution in [3.63, 3.8) is 0 Å². The van der Waals surface area contributed by atoms with Crippen LogP contribution in [-0.4, -0.2) is 13.1 Å². The van der Waals surface area contributed by atoms with E-state index >= 15 is 0 Å². The second-order valence-corrected chi connectivity index (χ2v) is 4.90. The zero-order valence-corrected chi connectivity index (χ0v) is 11.6. The van der Waals surface area contributed by atoms with Gasteiger partial charge in [-0.2, -0.15) is 13.2 Å². The Morgan fingerprint density at radius 3 is 2.38 bits per heavy atom. The van der Waals surface area contributed by atoms with E-state index in [0.717, 1.165) is 12.1 Å². The topological polar surface area (TPSA) is 26.3 Å². The quantitative estimate of drug-likeness (QED) is 0.589. The monoisotopic (exact) mass is 310 g/mol. The third-order valence-electron chi connectivity index (χ3n) is 2.59. The molecule has 0 aliphatic heterocycles. The maximum atomic E-state index is 12.4. The number of benzene rings is 1. The lowest BCUT2D eigenvalue weighted by molar-refractivity contribution is -0.137. The van der Waals surface area contributed by atoms with Crippen molar-refractivity contribution in [2.75, 3.05) is 7.11 Å². The summed E-state index contributed by atoms with van der Waals surface area (Å²) in [6, 6.07) is 6.19. The Morgan fingerprint density at radius 1 is 1.14 bits per heavy atom. The lowest BCUT2D eigenvalue weighted by Gasteiger charge is -2.05. The number of thiophene rings is 1. The summed E-state index contributed by atoms with van der Waals surface area (Å²) >= 11 is 1.20. The molecule has 0 atom stereocenters. The molecule has 1 aromatic heterocycles. The summed E-state index contributed by atoms with van der Waals surface area (Å²) in [4.78, 5) is 11.8. The first kappa shape index (κ1) is 15.1. The molecule has 0 bridgehead atoms. The SMILES string of the molecule is COC(=O)c1sccc1C#Cc1ccc(C(F)(F)F)cc1. The highest BCUT2D eigenvalue weighted by atomic mass is 32.1. The van der Waals surface area contributed by atoms with E-state index in [1.54, 1.807) is 11.4 Å². The van der Waals surface area contributed by atoms with Crippen LogP contribution in [0, 0.1) is 11.8 Å². The molecule has 2 nitrogen and oxygen atoms in total. The predicted octanol–water partition coefficient (Wildman–Crippen LogP) is 3.95. The predicted molar refractivity (Wildman–Crippen MR) is 73.1 cm³/mol. The molecular weight excluding hydrogens is 301 g/mol. The molecule has 1 heterocycles.